The highest BCUT2D eigenvalue weighted by atomic mass is 32.1. The number of aromatic nitrogens is 2. The molecule has 8 heteroatoms. The van der Waals surface area contributed by atoms with Crippen LogP contribution in [0.15, 0.2) is 48.0 Å². The molecule has 0 radical (unpaired) electrons. The van der Waals surface area contributed by atoms with E-state index in [1.165, 1.54) is 11.3 Å². The van der Waals surface area contributed by atoms with Crippen molar-refractivity contribution < 1.29 is 9.59 Å². The van der Waals surface area contributed by atoms with Gasteiger partial charge in [0.1, 0.15) is 0 Å². The zero-order valence-electron chi connectivity index (χ0n) is 18.9. The average molecular weight is 462 g/mol. The summed E-state index contributed by atoms with van der Waals surface area (Å²) in [6, 6.07) is 12.5. The Kier molecular flexibility index (Phi) is 5.95. The third kappa shape index (κ3) is 4.41. The first-order valence-corrected chi connectivity index (χ1v) is 12.2. The largest absolute Gasteiger partial charge is 0.334 e. The average Bonchev–Trinajstić information content (AvgIpc) is 3.49. The van der Waals surface area contributed by atoms with Gasteiger partial charge in [-0.1, -0.05) is 18.2 Å². The maximum atomic E-state index is 12.9. The van der Waals surface area contributed by atoms with E-state index in [4.69, 9.17) is 0 Å². The smallest absolute Gasteiger partial charge is 0.282 e. The van der Waals surface area contributed by atoms with Gasteiger partial charge in [0.25, 0.3) is 5.91 Å². The van der Waals surface area contributed by atoms with Gasteiger partial charge < -0.3 is 9.80 Å². The first-order chi connectivity index (χ1) is 16.0. The Labute approximate surface area is 197 Å². The molecule has 33 heavy (non-hydrogen) atoms. The second-order valence-electron chi connectivity index (χ2n) is 8.66. The van der Waals surface area contributed by atoms with Crippen LogP contribution < -0.4 is 4.90 Å². The van der Waals surface area contributed by atoms with Crippen LogP contribution in [0.1, 0.15) is 27.6 Å². The molecule has 0 saturated carbocycles. The maximum Gasteiger partial charge on any atom is 0.282 e. The summed E-state index contributed by atoms with van der Waals surface area (Å²) in [6.07, 6.45) is 2.17. The summed E-state index contributed by atoms with van der Waals surface area (Å²) in [7, 11) is 0. The lowest BCUT2D eigenvalue weighted by atomic mass is 10.0. The van der Waals surface area contributed by atoms with E-state index < -0.39 is 0 Å². The topological polar surface area (TPSA) is 69.6 Å². The van der Waals surface area contributed by atoms with Crippen LogP contribution in [0.5, 0.6) is 0 Å². The first-order valence-electron chi connectivity index (χ1n) is 11.3. The van der Waals surface area contributed by atoms with E-state index in [9.17, 15) is 9.59 Å². The van der Waals surface area contributed by atoms with E-state index in [0.717, 1.165) is 41.3 Å². The zero-order valence-corrected chi connectivity index (χ0v) is 19.7. The molecule has 0 spiro atoms. The van der Waals surface area contributed by atoms with Gasteiger partial charge in [-0.3, -0.25) is 19.5 Å². The quantitative estimate of drug-likeness (QED) is 0.596. The van der Waals surface area contributed by atoms with Crippen LogP contribution >= 0.6 is 11.3 Å². The van der Waals surface area contributed by atoms with E-state index in [0.29, 0.717) is 31.1 Å². The molecule has 2 aliphatic rings. The van der Waals surface area contributed by atoms with Crippen molar-refractivity contribution in [1.29, 1.82) is 0 Å². The number of nitrogens with zero attached hydrogens (tertiary/aromatic N) is 5. The van der Waals surface area contributed by atoms with Gasteiger partial charge in [-0.15, -0.1) is 11.3 Å². The third-order valence-corrected chi connectivity index (χ3v) is 7.29. The van der Waals surface area contributed by atoms with Gasteiger partial charge in [0.2, 0.25) is 5.91 Å². The maximum absolute atomic E-state index is 12.9. The summed E-state index contributed by atoms with van der Waals surface area (Å²) >= 11 is 1.38. The van der Waals surface area contributed by atoms with Crippen LogP contribution in [0.2, 0.25) is 0 Å². The Morgan fingerprint density at radius 3 is 2.64 bits per heavy atom. The minimum atomic E-state index is 0.00600. The number of hydrogen-bond donors (Lipinski definition) is 0. The predicted octanol–water partition coefficient (Wildman–Crippen LogP) is 3.39. The van der Waals surface area contributed by atoms with Crippen LogP contribution in [-0.4, -0.2) is 70.3 Å². The van der Waals surface area contributed by atoms with Crippen LogP contribution in [0.4, 0.5) is 5.69 Å². The van der Waals surface area contributed by atoms with Gasteiger partial charge in [0, 0.05) is 79.4 Å². The number of thiazole rings is 1. The van der Waals surface area contributed by atoms with E-state index in [2.05, 4.69) is 33.1 Å². The van der Waals surface area contributed by atoms with Crippen molar-refractivity contribution in [3.05, 3.63) is 64.4 Å². The second kappa shape index (κ2) is 9.03. The normalized spacial score (nSPS) is 19.3. The van der Waals surface area contributed by atoms with Crippen molar-refractivity contribution in [3.8, 4) is 11.1 Å². The number of hydrogen-bond acceptors (Lipinski definition) is 6. The molecule has 5 rings (SSSR count). The molecule has 1 aromatic carbocycles. The molecule has 0 aliphatic carbocycles. The lowest BCUT2D eigenvalue weighted by molar-refractivity contribution is -0.117. The fourth-order valence-corrected chi connectivity index (χ4v) is 5.37. The molecule has 2 saturated heterocycles. The van der Waals surface area contributed by atoms with Crippen LogP contribution in [0.25, 0.3) is 11.1 Å². The van der Waals surface area contributed by atoms with Gasteiger partial charge >= 0.3 is 0 Å². The molecule has 0 bridgehead atoms. The monoisotopic (exact) mass is 461 g/mol. The fourth-order valence-electron chi connectivity index (χ4n) is 4.77. The third-order valence-electron chi connectivity index (χ3n) is 6.53. The summed E-state index contributed by atoms with van der Waals surface area (Å²) in [5.74, 6) is 0.156. The number of carbonyl (C=O) groups excluding carboxylic acids is 2. The van der Waals surface area contributed by atoms with Crippen molar-refractivity contribution >= 4 is 28.8 Å². The molecule has 2 aromatic heterocycles. The minimum absolute atomic E-state index is 0.00600. The molecule has 2 amide bonds. The Hall–Kier alpha value is -3.10. The molecule has 0 N–H and O–H groups in total. The summed E-state index contributed by atoms with van der Waals surface area (Å²) in [4.78, 5) is 40.3. The summed E-state index contributed by atoms with van der Waals surface area (Å²) < 4.78 is 0. The summed E-state index contributed by atoms with van der Waals surface area (Å²) in [5, 5.41) is 2.37. The molecule has 1 atom stereocenters. The first kappa shape index (κ1) is 21.7. The Morgan fingerprint density at radius 1 is 1.09 bits per heavy atom. The lowest BCUT2D eigenvalue weighted by Gasteiger charge is -2.37. The Morgan fingerprint density at radius 2 is 1.91 bits per heavy atom. The number of aryl methyl sites for hydroxylation is 2. The van der Waals surface area contributed by atoms with Crippen molar-refractivity contribution in [2.45, 2.75) is 26.3 Å². The van der Waals surface area contributed by atoms with Crippen molar-refractivity contribution in [2.24, 2.45) is 0 Å². The highest BCUT2D eigenvalue weighted by Gasteiger charge is 2.36. The molecule has 1 unspecified atom stereocenters. The molecular formula is C25H27N5O2S. The number of pyridine rings is 1. The molecule has 4 heterocycles. The molecule has 2 fully saturated rings. The van der Waals surface area contributed by atoms with Gasteiger partial charge in [0.05, 0.1) is 0 Å². The standard InChI is InChI=1S/C25H27N5O2S/c1-17-6-7-22(18(2)27-17)19-4-3-5-20(14-19)30-16-21(15-23(30)31)28-9-11-29(12-10-28)25(32)24-26-8-13-33-24/h3-8,13-14,21H,9-12,15-16H2,1-2H3. The van der Waals surface area contributed by atoms with E-state index >= 15 is 0 Å². The minimum Gasteiger partial charge on any atom is -0.334 e. The SMILES string of the molecule is Cc1ccc(-c2cccc(N3CC(N4CCN(C(=O)c5nccs5)CC4)CC3=O)c2)c(C)n1. The highest BCUT2D eigenvalue weighted by molar-refractivity contribution is 7.11. The van der Waals surface area contributed by atoms with Gasteiger partial charge in [0.15, 0.2) is 5.01 Å². The van der Waals surface area contributed by atoms with Crippen LogP contribution in [0.3, 0.4) is 0 Å². The van der Waals surface area contributed by atoms with Crippen LogP contribution in [0, 0.1) is 13.8 Å². The molecule has 170 valence electrons. The van der Waals surface area contributed by atoms with Crippen LogP contribution in [-0.2, 0) is 4.79 Å². The zero-order chi connectivity index (χ0) is 22.9. The molecule has 7 nitrogen and oxygen atoms in total. The summed E-state index contributed by atoms with van der Waals surface area (Å²) in [6.45, 7) is 7.56. The number of anilines is 1. The number of amides is 2. The highest BCUT2D eigenvalue weighted by Crippen LogP contribution is 2.30. The number of benzene rings is 1. The number of carbonyl (C=O) groups is 2. The fraction of sp³-hybridized carbons (Fsp3) is 0.360. The van der Waals surface area contributed by atoms with E-state index in [1.54, 1.807) is 6.20 Å². The molecule has 3 aromatic rings. The van der Waals surface area contributed by atoms with E-state index in [1.807, 2.05) is 47.2 Å². The predicted molar refractivity (Wildman–Crippen MR) is 129 cm³/mol. The summed E-state index contributed by atoms with van der Waals surface area (Å²) in [5.41, 5.74) is 5.08. The number of rotatable bonds is 4. The Bertz CT molecular complexity index is 1170. The molecule has 2 aliphatic heterocycles. The van der Waals surface area contributed by atoms with Gasteiger partial charge in [-0.05, 0) is 37.6 Å². The van der Waals surface area contributed by atoms with E-state index in [-0.39, 0.29) is 17.9 Å². The van der Waals surface area contributed by atoms with Crippen molar-refractivity contribution in [3.63, 3.8) is 0 Å². The lowest BCUT2D eigenvalue weighted by Crippen LogP contribution is -2.52. The second-order valence-corrected chi connectivity index (χ2v) is 9.56. The van der Waals surface area contributed by atoms with Gasteiger partial charge in [-0.25, -0.2) is 4.98 Å². The Balaban J connectivity index is 1.25. The van der Waals surface area contributed by atoms with Gasteiger partial charge in [-0.2, -0.15) is 0 Å². The van der Waals surface area contributed by atoms with Crippen molar-refractivity contribution in [2.75, 3.05) is 37.6 Å². The van der Waals surface area contributed by atoms with Crippen molar-refractivity contribution in [1.82, 2.24) is 19.8 Å². The molecular weight excluding hydrogens is 434 g/mol. The number of piperazine rings is 1.